The lowest BCUT2D eigenvalue weighted by atomic mass is 9.83. The molecule has 3 aromatic carbocycles. The molecule has 2 fully saturated rings. The number of nitrogens with zero attached hydrogens (tertiary/aromatic N) is 4. The molecule has 0 unspecified atom stereocenters. The van der Waals surface area contributed by atoms with E-state index in [2.05, 4.69) is 173 Å². The van der Waals surface area contributed by atoms with Crippen LogP contribution >= 0.6 is 11.6 Å². The molecule has 1 aromatic heterocycles. The topological polar surface area (TPSA) is 14.7 Å². The maximum atomic E-state index is 6.30. The summed E-state index contributed by atoms with van der Waals surface area (Å²) in [6, 6.07) is 26.3. The summed E-state index contributed by atoms with van der Waals surface area (Å²) in [5, 5.41) is 0.750. The van der Waals surface area contributed by atoms with Crippen molar-refractivity contribution in [2.75, 3.05) is 49.1 Å². The fraction of sp³-hybridized carbons (Fsp3) is 0.358. The van der Waals surface area contributed by atoms with E-state index in [1.54, 1.807) is 13.0 Å². The van der Waals surface area contributed by atoms with Crippen LogP contribution in [0.4, 0.5) is 11.4 Å². The fourth-order valence-corrected chi connectivity index (χ4v) is 7.39. The molecule has 4 nitrogen and oxygen atoms in total. The van der Waals surface area contributed by atoms with Crippen LogP contribution in [0.1, 0.15) is 78.6 Å². The Labute approximate surface area is 358 Å². The Kier molecular flexibility index (Phi) is 20.1. The molecule has 3 heterocycles. The van der Waals surface area contributed by atoms with E-state index < -0.39 is 0 Å². The predicted octanol–water partition coefficient (Wildman–Crippen LogP) is 13.7. The first-order valence-corrected chi connectivity index (χ1v) is 20.9. The first-order chi connectivity index (χ1) is 27.7. The number of allylic oxidation sites excluding steroid dienone is 4. The lowest BCUT2D eigenvalue weighted by molar-refractivity contribution is 0.0888. The van der Waals surface area contributed by atoms with Gasteiger partial charge in [-0.25, -0.2) is 0 Å². The van der Waals surface area contributed by atoms with E-state index in [9.17, 15) is 0 Å². The normalized spacial score (nSPS) is 14.3. The zero-order chi connectivity index (χ0) is 43.6. The van der Waals surface area contributed by atoms with Crippen molar-refractivity contribution in [2.45, 2.75) is 75.7 Å². The third-order valence-corrected chi connectivity index (χ3v) is 10.6. The summed E-state index contributed by atoms with van der Waals surface area (Å²) in [5.74, 6) is 4.75. The van der Waals surface area contributed by atoms with Gasteiger partial charge in [-0.2, -0.15) is 0 Å². The number of benzene rings is 3. The average Bonchev–Trinajstić information content (AvgIpc) is 3.49. The summed E-state index contributed by atoms with van der Waals surface area (Å²) in [6.45, 7) is 37.6. The molecule has 0 bridgehead atoms. The molecular weight excluding hydrogens is 728 g/mol. The SMILES string of the molecule is C#C/C=C(C)\C(C)=C/CC.C#CC.C=C.C=C(c1c(-c2cccc(N3CCN(c4ccc(C)cc4)CC3)c2)c(-c2ccc(Cl)cc2)n(C)c1C)N1CC(C)(C)C1.CC. The molecule has 0 spiro atoms. The van der Waals surface area contributed by atoms with Gasteiger partial charge >= 0.3 is 0 Å². The third-order valence-electron chi connectivity index (χ3n) is 10.3. The first-order valence-electron chi connectivity index (χ1n) is 20.5. The van der Waals surface area contributed by atoms with Gasteiger partial charge in [0.05, 0.1) is 5.69 Å². The second kappa shape index (κ2) is 23.8. The summed E-state index contributed by atoms with van der Waals surface area (Å²) in [4.78, 5) is 7.46. The van der Waals surface area contributed by atoms with Crippen LogP contribution in [0.3, 0.4) is 0 Å². The fourth-order valence-electron chi connectivity index (χ4n) is 7.26. The number of hydrogen-bond donors (Lipinski definition) is 0. The van der Waals surface area contributed by atoms with Crippen molar-refractivity contribution < 1.29 is 0 Å². The molecule has 2 saturated heterocycles. The van der Waals surface area contributed by atoms with E-state index in [1.165, 1.54) is 56.2 Å². The highest BCUT2D eigenvalue weighted by Gasteiger charge is 2.37. The van der Waals surface area contributed by atoms with Gasteiger partial charge in [-0.1, -0.05) is 112 Å². The maximum Gasteiger partial charge on any atom is 0.0566 e. The molecule has 58 heavy (non-hydrogen) atoms. The minimum absolute atomic E-state index is 0.325. The van der Waals surface area contributed by atoms with Crippen LogP contribution in [0.5, 0.6) is 0 Å². The van der Waals surface area contributed by atoms with Crippen molar-refractivity contribution >= 4 is 28.7 Å². The number of halogens is 1. The average molecular weight is 798 g/mol. The van der Waals surface area contributed by atoms with Crippen molar-refractivity contribution in [3.63, 3.8) is 0 Å². The van der Waals surface area contributed by atoms with Crippen molar-refractivity contribution in [2.24, 2.45) is 12.5 Å². The van der Waals surface area contributed by atoms with Crippen molar-refractivity contribution in [1.82, 2.24) is 9.47 Å². The van der Waals surface area contributed by atoms with E-state index in [-0.39, 0.29) is 0 Å². The molecule has 308 valence electrons. The molecule has 5 heteroatoms. The van der Waals surface area contributed by atoms with Gasteiger partial charge in [-0.05, 0) is 106 Å². The molecule has 0 amide bonds. The number of piperazine rings is 1. The minimum Gasteiger partial charge on any atom is -0.370 e. The molecule has 0 N–H and O–H groups in total. The van der Waals surface area contributed by atoms with Crippen molar-refractivity contribution in [3.05, 3.63) is 138 Å². The van der Waals surface area contributed by atoms with Crippen LogP contribution < -0.4 is 9.80 Å². The van der Waals surface area contributed by atoms with Crippen LogP contribution in [0.15, 0.2) is 116 Å². The Morgan fingerprint density at radius 3 is 1.86 bits per heavy atom. The quantitative estimate of drug-likeness (QED) is 0.100. The smallest absolute Gasteiger partial charge is 0.0566 e. The Morgan fingerprint density at radius 1 is 0.828 bits per heavy atom. The van der Waals surface area contributed by atoms with Crippen molar-refractivity contribution in [3.8, 4) is 47.1 Å². The second-order valence-electron chi connectivity index (χ2n) is 15.2. The zero-order valence-corrected chi connectivity index (χ0v) is 38.2. The molecule has 6 rings (SSSR count). The van der Waals surface area contributed by atoms with Crippen LogP contribution in [0, 0.1) is 44.0 Å². The van der Waals surface area contributed by atoms with Gasteiger partial charge in [0.15, 0.2) is 0 Å². The predicted molar refractivity (Wildman–Crippen MR) is 260 cm³/mol. The van der Waals surface area contributed by atoms with Gasteiger partial charge < -0.3 is 19.3 Å². The maximum absolute atomic E-state index is 6.30. The van der Waals surface area contributed by atoms with Gasteiger partial charge in [0.1, 0.15) is 0 Å². The second-order valence-corrected chi connectivity index (χ2v) is 15.6. The number of rotatable bonds is 8. The number of aryl methyl sites for hydroxylation is 1. The summed E-state index contributed by atoms with van der Waals surface area (Å²) >= 11 is 6.30. The zero-order valence-electron chi connectivity index (χ0n) is 37.5. The van der Waals surface area contributed by atoms with E-state index in [4.69, 9.17) is 18.0 Å². The molecule has 2 aliphatic heterocycles. The van der Waals surface area contributed by atoms with E-state index in [0.717, 1.165) is 62.0 Å². The van der Waals surface area contributed by atoms with Gasteiger partial charge in [-0.3, -0.25) is 0 Å². The standard InChI is InChI=1S/C36H41ClN4.C10H14.C3H4.C2H6.C2H4/c1-25-10-16-31(17-11-25)39-18-20-40(21-19-39)32-9-7-8-29(22-32)34-33(27(3)41-23-36(4,5)24-41)26(2)38(6)35(34)28-12-14-30(37)15-13-28;1-5-7-9(3)10(4)8-6-2;1-3-2;2*1-2/h7-17,22H,3,18-21,23-24H2,1-2,4-6H3;1,7-8H,6H2,2-4H3;1H,2H3;1-2H3;1-2H2/b;9-7-,10-8-;;;. The number of aromatic nitrogens is 1. The summed E-state index contributed by atoms with van der Waals surface area (Å²) in [5.41, 5.74) is 15.1. The van der Waals surface area contributed by atoms with Crippen LogP contribution in [0.25, 0.3) is 28.1 Å². The van der Waals surface area contributed by atoms with E-state index >= 15 is 0 Å². The summed E-state index contributed by atoms with van der Waals surface area (Å²) in [6.07, 6.45) is 14.7. The number of likely N-dealkylation sites (tertiary alicyclic amines) is 1. The lowest BCUT2D eigenvalue weighted by Gasteiger charge is -2.48. The molecule has 0 radical (unpaired) electrons. The van der Waals surface area contributed by atoms with Gasteiger partial charge in [0.25, 0.3) is 0 Å². The Hall–Kier alpha value is -5.29. The largest absolute Gasteiger partial charge is 0.370 e. The van der Waals surface area contributed by atoms with Gasteiger partial charge in [-0.15, -0.1) is 31.9 Å². The van der Waals surface area contributed by atoms with Crippen LogP contribution in [-0.4, -0.2) is 48.7 Å². The van der Waals surface area contributed by atoms with Crippen LogP contribution in [-0.2, 0) is 7.05 Å². The van der Waals surface area contributed by atoms with Gasteiger partial charge in [0.2, 0.25) is 0 Å². The Morgan fingerprint density at radius 2 is 1.36 bits per heavy atom. The molecule has 0 aliphatic carbocycles. The van der Waals surface area contributed by atoms with E-state index in [1.807, 2.05) is 32.9 Å². The highest BCUT2D eigenvalue weighted by atomic mass is 35.5. The Balaban J connectivity index is 0.000000583. The van der Waals surface area contributed by atoms with Gasteiger partial charge in [0, 0.05) is 85.2 Å². The Bertz CT molecular complexity index is 2050. The molecular formula is C53H69ClN4. The highest BCUT2D eigenvalue weighted by molar-refractivity contribution is 6.30. The summed E-state index contributed by atoms with van der Waals surface area (Å²) in [7, 11) is 2.17. The molecule has 4 aromatic rings. The lowest BCUT2D eigenvalue weighted by Crippen LogP contribution is -2.51. The molecule has 2 aliphatic rings. The number of terminal acetylenes is 2. The van der Waals surface area contributed by atoms with Crippen LogP contribution in [0.2, 0.25) is 5.02 Å². The van der Waals surface area contributed by atoms with Crippen molar-refractivity contribution in [1.29, 1.82) is 0 Å². The van der Waals surface area contributed by atoms with E-state index in [0.29, 0.717) is 5.41 Å². The highest BCUT2D eigenvalue weighted by Crippen LogP contribution is 2.45. The minimum atomic E-state index is 0.325. The first kappa shape index (κ1) is 48.9. The number of hydrogen-bond acceptors (Lipinski definition) is 3. The monoisotopic (exact) mass is 797 g/mol. The number of anilines is 2. The third kappa shape index (κ3) is 12.9. The molecule has 0 atom stereocenters. The summed E-state index contributed by atoms with van der Waals surface area (Å²) < 4.78 is 2.33. The molecule has 0 saturated carbocycles.